The van der Waals surface area contributed by atoms with Crippen molar-refractivity contribution in [2.24, 2.45) is 16.5 Å². The third-order valence-electron chi connectivity index (χ3n) is 4.68. The second kappa shape index (κ2) is 11.1. The van der Waals surface area contributed by atoms with Crippen LogP contribution in [-0.2, 0) is 16.1 Å². The number of phenolic OH excluding ortho intramolecular Hbond substituents is 1. The van der Waals surface area contributed by atoms with Gasteiger partial charge in [-0.3, -0.25) is 4.98 Å². The van der Waals surface area contributed by atoms with E-state index in [2.05, 4.69) is 9.98 Å². The van der Waals surface area contributed by atoms with E-state index < -0.39 is 5.97 Å². The van der Waals surface area contributed by atoms with Gasteiger partial charge in [0.05, 0.1) is 18.7 Å². The Labute approximate surface area is 189 Å². The van der Waals surface area contributed by atoms with Crippen molar-refractivity contribution < 1.29 is 14.6 Å². The fourth-order valence-electron chi connectivity index (χ4n) is 3.20. The number of aromatic hydroxyl groups is 1. The topological polar surface area (TPSA) is 130 Å². The van der Waals surface area contributed by atoms with Gasteiger partial charge in [0.2, 0.25) is 0 Å². The second-order valence-electron chi connectivity index (χ2n) is 7.62. The molecule has 0 unspecified atom stereocenters. The molecule has 0 aliphatic heterocycles. The molecular weight excluding hydrogens is 408 g/mol. The van der Waals surface area contributed by atoms with Gasteiger partial charge in [-0.25, -0.2) is 9.79 Å². The predicted octanol–water partition coefficient (Wildman–Crippen LogP) is 1.80. The van der Waals surface area contributed by atoms with Crippen molar-refractivity contribution in [2.75, 3.05) is 46.2 Å². The standard InChI is InChI=1S/C23H32N6O3/c1-6-32-22(31)16(9-11-28(2)3)20-18(14-27-23(24)25)21(30)17(12-19(20)29(4)5)15-8-7-10-26-13-15/h7-10,12-13,30H,6,11,14H2,1-5H3,(H4,24,25,27)/b16-9-. The zero-order chi connectivity index (χ0) is 23.8. The highest BCUT2D eigenvalue weighted by atomic mass is 16.5. The van der Waals surface area contributed by atoms with Gasteiger partial charge in [-0.05, 0) is 33.2 Å². The molecular formula is C23H32N6O3. The third kappa shape index (κ3) is 5.98. The molecule has 2 aromatic rings. The summed E-state index contributed by atoms with van der Waals surface area (Å²) in [6.45, 7) is 2.45. The van der Waals surface area contributed by atoms with Crippen LogP contribution in [0.15, 0.2) is 41.7 Å². The van der Waals surface area contributed by atoms with Crippen LogP contribution >= 0.6 is 0 Å². The number of aliphatic imine (C=N–C) groups is 1. The van der Waals surface area contributed by atoms with Crippen LogP contribution in [0.1, 0.15) is 18.1 Å². The minimum absolute atomic E-state index is 0.0167. The minimum Gasteiger partial charge on any atom is -0.507 e. The number of benzene rings is 1. The van der Waals surface area contributed by atoms with Crippen LogP contribution in [0.3, 0.4) is 0 Å². The third-order valence-corrected chi connectivity index (χ3v) is 4.68. The Bertz CT molecular complexity index is 997. The lowest BCUT2D eigenvalue weighted by Gasteiger charge is -2.24. The van der Waals surface area contributed by atoms with E-state index in [4.69, 9.17) is 16.2 Å². The second-order valence-corrected chi connectivity index (χ2v) is 7.62. The highest BCUT2D eigenvalue weighted by Gasteiger charge is 2.26. The van der Waals surface area contributed by atoms with Crippen LogP contribution in [0.4, 0.5) is 5.69 Å². The van der Waals surface area contributed by atoms with E-state index in [0.717, 1.165) is 5.56 Å². The van der Waals surface area contributed by atoms with E-state index in [0.29, 0.717) is 34.5 Å². The first kappa shape index (κ1) is 24.7. The molecule has 0 amide bonds. The summed E-state index contributed by atoms with van der Waals surface area (Å²) in [7, 11) is 7.52. The van der Waals surface area contributed by atoms with Gasteiger partial charge in [0, 0.05) is 61.0 Å². The van der Waals surface area contributed by atoms with Crippen LogP contribution in [-0.4, -0.2) is 68.3 Å². The van der Waals surface area contributed by atoms with Gasteiger partial charge in [-0.2, -0.15) is 0 Å². The number of hydrogen-bond donors (Lipinski definition) is 3. The number of aromatic nitrogens is 1. The number of esters is 1. The maximum atomic E-state index is 13.0. The molecule has 1 heterocycles. The number of ether oxygens (including phenoxy) is 1. The molecule has 0 bridgehead atoms. The highest BCUT2D eigenvalue weighted by Crippen LogP contribution is 2.43. The van der Waals surface area contributed by atoms with Crippen LogP contribution in [0, 0.1) is 0 Å². The molecule has 0 saturated carbocycles. The number of hydrogen-bond acceptors (Lipinski definition) is 7. The molecule has 172 valence electrons. The summed E-state index contributed by atoms with van der Waals surface area (Å²) < 4.78 is 5.34. The molecule has 0 aliphatic carbocycles. The van der Waals surface area contributed by atoms with Gasteiger partial charge >= 0.3 is 5.97 Å². The molecule has 0 saturated heterocycles. The predicted molar refractivity (Wildman–Crippen MR) is 128 cm³/mol. The molecule has 5 N–H and O–H groups in total. The van der Waals surface area contributed by atoms with Crippen molar-refractivity contribution in [3.63, 3.8) is 0 Å². The largest absolute Gasteiger partial charge is 0.507 e. The molecule has 9 nitrogen and oxygen atoms in total. The lowest BCUT2D eigenvalue weighted by molar-refractivity contribution is -0.136. The van der Waals surface area contributed by atoms with Gasteiger partial charge in [0.25, 0.3) is 0 Å². The first-order valence-electron chi connectivity index (χ1n) is 10.2. The van der Waals surface area contributed by atoms with E-state index in [9.17, 15) is 9.90 Å². The van der Waals surface area contributed by atoms with E-state index in [-0.39, 0.29) is 24.9 Å². The fourth-order valence-corrected chi connectivity index (χ4v) is 3.20. The Hall–Kier alpha value is -3.59. The van der Waals surface area contributed by atoms with Crippen LogP contribution in [0.5, 0.6) is 5.75 Å². The first-order chi connectivity index (χ1) is 15.2. The summed E-state index contributed by atoms with van der Waals surface area (Å²) >= 11 is 0. The highest BCUT2D eigenvalue weighted by molar-refractivity contribution is 6.19. The van der Waals surface area contributed by atoms with Gasteiger partial charge in [0.1, 0.15) is 5.75 Å². The quantitative estimate of drug-likeness (QED) is 0.233. The Balaban J connectivity index is 2.91. The number of carbonyl (C=O) groups excluding carboxylic acids is 1. The first-order valence-corrected chi connectivity index (χ1v) is 10.2. The number of phenols is 1. The Kier molecular flexibility index (Phi) is 8.60. The number of rotatable bonds is 9. The molecule has 32 heavy (non-hydrogen) atoms. The number of pyridine rings is 1. The molecule has 1 aromatic carbocycles. The lowest BCUT2D eigenvalue weighted by atomic mass is 9.91. The van der Waals surface area contributed by atoms with Crippen molar-refractivity contribution in [3.05, 3.63) is 47.8 Å². The number of likely N-dealkylation sites (N-methyl/N-ethyl adjacent to an activating group) is 1. The van der Waals surface area contributed by atoms with Crippen LogP contribution in [0.2, 0.25) is 0 Å². The van der Waals surface area contributed by atoms with Crippen LogP contribution in [0.25, 0.3) is 16.7 Å². The minimum atomic E-state index is -0.489. The zero-order valence-corrected chi connectivity index (χ0v) is 19.3. The summed E-state index contributed by atoms with van der Waals surface area (Å²) in [6.07, 6.45) is 5.10. The van der Waals surface area contributed by atoms with Gasteiger partial charge in [0.15, 0.2) is 5.96 Å². The van der Waals surface area contributed by atoms with Gasteiger partial charge in [-0.15, -0.1) is 0 Å². The number of guanidine groups is 1. The Morgan fingerprint density at radius 3 is 2.53 bits per heavy atom. The maximum absolute atomic E-state index is 13.0. The molecule has 0 radical (unpaired) electrons. The Morgan fingerprint density at radius 1 is 1.28 bits per heavy atom. The smallest absolute Gasteiger partial charge is 0.338 e. The fraction of sp³-hybridized carbons (Fsp3) is 0.348. The van der Waals surface area contributed by atoms with Crippen LogP contribution < -0.4 is 16.4 Å². The molecule has 2 rings (SSSR count). The lowest BCUT2D eigenvalue weighted by Crippen LogP contribution is -2.23. The number of nitrogens with zero attached hydrogens (tertiary/aromatic N) is 4. The molecule has 0 aliphatic rings. The van der Waals surface area contributed by atoms with Crippen molar-refractivity contribution >= 4 is 23.2 Å². The van der Waals surface area contributed by atoms with Crippen molar-refractivity contribution in [3.8, 4) is 16.9 Å². The average Bonchev–Trinajstić information content (AvgIpc) is 2.73. The van der Waals surface area contributed by atoms with E-state index in [1.165, 1.54) is 0 Å². The summed E-state index contributed by atoms with van der Waals surface area (Å²) in [5, 5.41) is 11.3. The van der Waals surface area contributed by atoms with Crippen molar-refractivity contribution in [1.29, 1.82) is 0 Å². The summed E-state index contributed by atoms with van der Waals surface area (Å²) in [6, 6.07) is 5.46. The number of carbonyl (C=O) groups is 1. The summed E-state index contributed by atoms with van der Waals surface area (Å²) in [4.78, 5) is 25.1. The van der Waals surface area contributed by atoms with Gasteiger partial charge in [-0.1, -0.05) is 12.1 Å². The normalized spacial score (nSPS) is 11.4. The zero-order valence-electron chi connectivity index (χ0n) is 19.3. The summed E-state index contributed by atoms with van der Waals surface area (Å²) in [5.74, 6) is -0.635. The Morgan fingerprint density at radius 2 is 2.00 bits per heavy atom. The van der Waals surface area contributed by atoms with E-state index in [1.807, 2.05) is 50.1 Å². The molecule has 0 spiro atoms. The number of nitrogens with two attached hydrogens (primary N) is 2. The average molecular weight is 441 g/mol. The summed E-state index contributed by atoms with van der Waals surface area (Å²) in [5.41, 5.74) is 14.4. The van der Waals surface area contributed by atoms with Crippen molar-refractivity contribution in [1.82, 2.24) is 9.88 Å². The van der Waals surface area contributed by atoms with E-state index in [1.54, 1.807) is 31.5 Å². The molecule has 0 atom stereocenters. The van der Waals surface area contributed by atoms with Crippen molar-refractivity contribution in [2.45, 2.75) is 13.5 Å². The molecule has 0 fully saturated rings. The maximum Gasteiger partial charge on any atom is 0.338 e. The van der Waals surface area contributed by atoms with E-state index >= 15 is 0 Å². The van der Waals surface area contributed by atoms with Gasteiger partial charge < -0.3 is 31.1 Å². The molecule has 1 aromatic heterocycles. The monoisotopic (exact) mass is 440 g/mol. The molecule has 9 heteroatoms. The SMILES string of the molecule is CCOC(=O)/C(=C\CN(C)C)c1c(N(C)C)cc(-c2cccnc2)c(O)c1CN=C(N)N. The number of anilines is 1.